The van der Waals surface area contributed by atoms with Gasteiger partial charge in [0, 0.05) is 30.5 Å². The summed E-state index contributed by atoms with van der Waals surface area (Å²) in [5, 5.41) is 11.0. The second-order valence-corrected chi connectivity index (χ2v) is 8.16. The molecule has 5 rings (SSSR count). The summed E-state index contributed by atoms with van der Waals surface area (Å²) in [6.45, 7) is 5.25. The van der Waals surface area contributed by atoms with Gasteiger partial charge in [0.15, 0.2) is 5.69 Å². The average Bonchev–Trinajstić information content (AvgIpc) is 3.67. The van der Waals surface area contributed by atoms with Gasteiger partial charge in [-0.25, -0.2) is 0 Å². The first kappa shape index (κ1) is 19.6. The molecule has 7 nitrogen and oxygen atoms in total. The minimum atomic E-state index is -0.245. The minimum Gasteiger partial charge on any atom is -0.378 e. The van der Waals surface area contributed by atoms with Gasteiger partial charge in [0.1, 0.15) is 0 Å². The number of aryl methyl sites for hydroxylation is 1. The van der Waals surface area contributed by atoms with E-state index in [1.807, 2.05) is 36.7 Å². The van der Waals surface area contributed by atoms with Crippen LogP contribution >= 0.6 is 0 Å². The first-order chi connectivity index (χ1) is 15.2. The van der Waals surface area contributed by atoms with E-state index in [2.05, 4.69) is 38.4 Å². The lowest BCUT2D eigenvalue weighted by molar-refractivity contribution is 0.102. The van der Waals surface area contributed by atoms with Crippen LogP contribution in [-0.4, -0.2) is 47.4 Å². The molecule has 1 aliphatic heterocycles. The van der Waals surface area contributed by atoms with E-state index in [0.717, 1.165) is 72.8 Å². The zero-order chi connectivity index (χ0) is 21.2. The van der Waals surface area contributed by atoms with E-state index < -0.39 is 0 Å². The molecule has 0 spiro atoms. The summed E-state index contributed by atoms with van der Waals surface area (Å²) in [4.78, 5) is 19.5. The average molecular weight is 415 g/mol. The quantitative estimate of drug-likeness (QED) is 0.683. The SMILES string of the molecule is Cc1ccc(NC(=O)c2cc(C3CC3)cnn2)cc1-c1cncc(N2CCOCC2)c1. The summed E-state index contributed by atoms with van der Waals surface area (Å²) in [6.07, 6.45) is 7.83. The minimum absolute atomic E-state index is 0.245. The summed E-state index contributed by atoms with van der Waals surface area (Å²) in [5.41, 5.74) is 6.43. The third-order valence-electron chi connectivity index (χ3n) is 5.86. The number of anilines is 2. The second-order valence-electron chi connectivity index (χ2n) is 8.16. The third-order valence-corrected chi connectivity index (χ3v) is 5.86. The molecule has 31 heavy (non-hydrogen) atoms. The summed E-state index contributed by atoms with van der Waals surface area (Å²) in [6, 6.07) is 9.92. The van der Waals surface area contributed by atoms with Crippen molar-refractivity contribution in [2.45, 2.75) is 25.7 Å². The van der Waals surface area contributed by atoms with Crippen LogP contribution in [0, 0.1) is 6.92 Å². The van der Waals surface area contributed by atoms with Gasteiger partial charge in [0.05, 0.1) is 31.3 Å². The molecule has 1 amide bonds. The number of aromatic nitrogens is 3. The Balaban J connectivity index is 1.38. The largest absolute Gasteiger partial charge is 0.378 e. The Hall–Kier alpha value is -3.32. The maximum Gasteiger partial charge on any atom is 0.276 e. The van der Waals surface area contributed by atoms with Gasteiger partial charge in [-0.3, -0.25) is 9.78 Å². The maximum atomic E-state index is 12.8. The molecular weight excluding hydrogens is 390 g/mol. The third kappa shape index (κ3) is 4.41. The molecule has 1 saturated heterocycles. The van der Waals surface area contributed by atoms with Crippen molar-refractivity contribution < 1.29 is 9.53 Å². The normalized spacial score (nSPS) is 16.2. The summed E-state index contributed by atoms with van der Waals surface area (Å²) >= 11 is 0. The fourth-order valence-electron chi connectivity index (χ4n) is 3.91. The molecule has 2 fully saturated rings. The molecule has 2 aromatic heterocycles. The van der Waals surface area contributed by atoms with Gasteiger partial charge in [-0.15, -0.1) is 5.10 Å². The molecule has 1 saturated carbocycles. The fourth-order valence-corrected chi connectivity index (χ4v) is 3.91. The zero-order valence-electron chi connectivity index (χ0n) is 17.5. The molecule has 1 aromatic carbocycles. The van der Waals surface area contributed by atoms with Crippen molar-refractivity contribution in [3.63, 3.8) is 0 Å². The van der Waals surface area contributed by atoms with Crippen LogP contribution in [0.2, 0.25) is 0 Å². The molecule has 0 radical (unpaired) electrons. The van der Waals surface area contributed by atoms with Gasteiger partial charge >= 0.3 is 0 Å². The lowest BCUT2D eigenvalue weighted by atomic mass is 10.0. The van der Waals surface area contributed by atoms with Crippen LogP contribution in [0.15, 0.2) is 48.9 Å². The predicted octanol–water partition coefficient (Wildman–Crippen LogP) is 3.81. The Morgan fingerprint density at radius 3 is 2.74 bits per heavy atom. The van der Waals surface area contributed by atoms with E-state index in [1.165, 1.54) is 0 Å². The number of hydrogen-bond acceptors (Lipinski definition) is 6. The molecule has 0 bridgehead atoms. The van der Waals surface area contributed by atoms with Gasteiger partial charge in [-0.2, -0.15) is 5.10 Å². The van der Waals surface area contributed by atoms with Crippen LogP contribution in [0.25, 0.3) is 11.1 Å². The van der Waals surface area contributed by atoms with E-state index in [9.17, 15) is 4.79 Å². The van der Waals surface area contributed by atoms with Gasteiger partial charge in [-0.1, -0.05) is 6.07 Å². The topological polar surface area (TPSA) is 80.2 Å². The second kappa shape index (κ2) is 8.43. The zero-order valence-corrected chi connectivity index (χ0v) is 17.5. The van der Waals surface area contributed by atoms with Crippen molar-refractivity contribution in [1.82, 2.24) is 15.2 Å². The van der Waals surface area contributed by atoms with Crippen LogP contribution in [0.3, 0.4) is 0 Å². The molecular formula is C24H25N5O2. The number of rotatable bonds is 5. The highest BCUT2D eigenvalue weighted by Crippen LogP contribution is 2.39. The van der Waals surface area contributed by atoms with E-state index in [1.54, 1.807) is 6.20 Å². The van der Waals surface area contributed by atoms with E-state index in [0.29, 0.717) is 11.6 Å². The monoisotopic (exact) mass is 415 g/mol. The Kier molecular flexibility index (Phi) is 5.34. The standard InChI is InChI=1S/C24H25N5O2/c1-16-2-5-20(27-24(30)23-11-18(14-26-28-23)17-3-4-17)12-22(16)19-10-21(15-25-13-19)29-6-8-31-9-7-29/h2,5,10-15,17H,3-4,6-9H2,1H3,(H,27,30). The lowest BCUT2D eigenvalue weighted by Gasteiger charge is -2.28. The highest BCUT2D eigenvalue weighted by Gasteiger charge is 2.25. The number of hydrogen-bond donors (Lipinski definition) is 1. The van der Waals surface area contributed by atoms with Crippen molar-refractivity contribution >= 4 is 17.3 Å². The number of amides is 1. The molecule has 1 aliphatic carbocycles. The van der Waals surface area contributed by atoms with Gasteiger partial charge in [-0.05, 0) is 66.6 Å². The van der Waals surface area contributed by atoms with Crippen LogP contribution in [-0.2, 0) is 4.74 Å². The van der Waals surface area contributed by atoms with Crippen LogP contribution < -0.4 is 10.2 Å². The summed E-state index contributed by atoms with van der Waals surface area (Å²) < 4.78 is 5.46. The fraction of sp³-hybridized carbons (Fsp3) is 0.333. The molecule has 1 N–H and O–H groups in total. The molecule has 0 atom stereocenters. The number of carbonyl (C=O) groups is 1. The number of morpholine rings is 1. The summed E-state index contributed by atoms with van der Waals surface area (Å²) in [5.74, 6) is 0.282. The molecule has 3 aromatic rings. The molecule has 0 unspecified atom stereocenters. The molecule has 7 heteroatoms. The first-order valence-corrected chi connectivity index (χ1v) is 10.7. The van der Waals surface area contributed by atoms with Crippen LogP contribution in [0.1, 0.15) is 40.4 Å². The van der Waals surface area contributed by atoms with Gasteiger partial charge in [0.2, 0.25) is 0 Å². The van der Waals surface area contributed by atoms with Crippen molar-refractivity contribution in [2.24, 2.45) is 0 Å². The maximum absolute atomic E-state index is 12.8. The highest BCUT2D eigenvalue weighted by atomic mass is 16.5. The Morgan fingerprint density at radius 2 is 1.94 bits per heavy atom. The Bertz CT molecular complexity index is 1110. The number of nitrogens with one attached hydrogen (secondary N) is 1. The summed E-state index contributed by atoms with van der Waals surface area (Å²) in [7, 11) is 0. The van der Waals surface area contributed by atoms with E-state index >= 15 is 0 Å². The highest BCUT2D eigenvalue weighted by molar-refractivity contribution is 6.03. The lowest BCUT2D eigenvalue weighted by Crippen LogP contribution is -2.36. The van der Waals surface area contributed by atoms with Crippen molar-refractivity contribution in [3.8, 4) is 11.1 Å². The van der Waals surface area contributed by atoms with Crippen molar-refractivity contribution in [1.29, 1.82) is 0 Å². The predicted molar refractivity (Wildman–Crippen MR) is 119 cm³/mol. The number of pyridine rings is 1. The number of nitrogens with zero attached hydrogens (tertiary/aromatic N) is 4. The van der Waals surface area contributed by atoms with Crippen molar-refractivity contribution in [2.75, 3.05) is 36.5 Å². The van der Waals surface area contributed by atoms with Crippen LogP contribution in [0.5, 0.6) is 0 Å². The number of benzene rings is 1. The molecule has 158 valence electrons. The van der Waals surface area contributed by atoms with Gasteiger partial charge < -0.3 is 15.0 Å². The van der Waals surface area contributed by atoms with Crippen LogP contribution in [0.4, 0.5) is 11.4 Å². The van der Waals surface area contributed by atoms with E-state index in [4.69, 9.17) is 4.74 Å². The Morgan fingerprint density at radius 1 is 1.10 bits per heavy atom. The molecule has 2 aliphatic rings. The number of carbonyl (C=O) groups excluding carboxylic acids is 1. The van der Waals surface area contributed by atoms with E-state index in [-0.39, 0.29) is 5.91 Å². The first-order valence-electron chi connectivity index (χ1n) is 10.7. The van der Waals surface area contributed by atoms with Gasteiger partial charge in [0.25, 0.3) is 5.91 Å². The smallest absolute Gasteiger partial charge is 0.276 e. The molecule has 3 heterocycles. The van der Waals surface area contributed by atoms with Crippen molar-refractivity contribution in [3.05, 3.63) is 65.7 Å². The number of ether oxygens (including phenoxy) is 1. The Labute approximate surface area is 181 Å².